The fourth-order valence-electron chi connectivity index (χ4n) is 4.00. The number of carbonyl (C=O) groups is 1. The van der Waals surface area contributed by atoms with Gasteiger partial charge in [-0.1, -0.05) is 19.9 Å². The Balaban J connectivity index is 1.46. The summed E-state index contributed by atoms with van der Waals surface area (Å²) in [6.07, 6.45) is 8.96. The number of rotatable bonds is 4. The van der Waals surface area contributed by atoms with Crippen molar-refractivity contribution in [3.63, 3.8) is 0 Å². The molecule has 1 aliphatic heterocycles. The monoisotopic (exact) mass is 365 g/mol. The molecular formula is C21H27N5O. The quantitative estimate of drug-likeness (QED) is 0.766. The van der Waals surface area contributed by atoms with Gasteiger partial charge in [-0.25, -0.2) is 0 Å². The summed E-state index contributed by atoms with van der Waals surface area (Å²) in [5.41, 5.74) is 3.40. The number of hydrogen-bond acceptors (Lipinski definition) is 3. The van der Waals surface area contributed by atoms with Gasteiger partial charge in [0.05, 0.1) is 17.9 Å². The van der Waals surface area contributed by atoms with Crippen molar-refractivity contribution in [3.05, 3.63) is 36.8 Å². The summed E-state index contributed by atoms with van der Waals surface area (Å²) in [6, 6.07) is 6.44. The van der Waals surface area contributed by atoms with Crippen LogP contribution >= 0.6 is 0 Å². The van der Waals surface area contributed by atoms with Crippen molar-refractivity contribution in [1.29, 1.82) is 0 Å². The Labute approximate surface area is 159 Å². The van der Waals surface area contributed by atoms with E-state index in [0.29, 0.717) is 5.92 Å². The number of fused-ring (bicyclic) bond motifs is 1. The topological polar surface area (TPSA) is 66.8 Å². The Morgan fingerprint density at radius 2 is 2.11 bits per heavy atom. The van der Waals surface area contributed by atoms with Crippen molar-refractivity contribution < 1.29 is 4.79 Å². The molecule has 1 aliphatic rings. The molecule has 1 unspecified atom stereocenters. The normalized spacial score (nSPS) is 18.2. The molecule has 1 aromatic carbocycles. The summed E-state index contributed by atoms with van der Waals surface area (Å²) in [5, 5.41) is 12.7. The summed E-state index contributed by atoms with van der Waals surface area (Å²) in [7, 11) is 0. The maximum Gasteiger partial charge on any atom is 0.225 e. The molecule has 4 rings (SSSR count). The second-order valence-corrected chi connectivity index (χ2v) is 7.86. The molecule has 1 amide bonds. The Kier molecular flexibility index (Phi) is 4.97. The largest absolute Gasteiger partial charge is 0.342 e. The summed E-state index contributed by atoms with van der Waals surface area (Å²) in [6.45, 7) is 6.64. The standard InChI is InChI=1S/C21H27N5O/c1-15(2)21(27)25-8-3-4-16(7-9-25)14-26-20-6-5-17(10-18(20)13-24-26)19-11-22-23-12-19/h5-6,10-13,15-16H,3-4,7-9,14H2,1-2H3,(H,22,23). The van der Waals surface area contributed by atoms with Crippen molar-refractivity contribution in [2.24, 2.45) is 11.8 Å². The molecule has 3 aromatic rings. The van der Waals surface area contributed by atoms with Crippen LogP contribution in [0.4, 0.5) is 0 Å². The molecule has 0 aliphatic carbocycles. The molecule has 2 aromatic heterocycles. The van der Waals surface area contributed by atoms with Crippen molar-refractivity contribution in [3.8, 4) is 11.1 Å². The number of nitrogens with one attached hydrogen (secondary N) is 1. The van der Waals surface area contributed by atoms with Crippen LogP contribution < -0.4 is 0 Å². The van der Waals surface area contributed by atoms with Gasteiger partial charge in [0.1, 0.15) is 0 Å². The van der Waals surface area contributed by atoms with E-state index in [1.54, 1.807) is 0 Å². The second-order valence-electron chi connectivity index (χ2n) is 7.86. The highest BCUT2D eigenvalue weighted by atomic mass is 16.2. The molecule has 27 heavy (non-hydrogen) atoms. The van der Waals surface area contributed by atoms with E-state index >= 15 is 0 Å². The Morgan fingerprint density at radius 1 is 1.22 bits per heavy atom. The van der Waals surface area contributed by atoms with E-state index in [0.717, 1.165) is 55.4 Å². The number of nitrogens with zero attached hydrogens (tertiary/aromatic N) is 4. The molecule has 1 N–H and O–H groups in total. The van der Waals surface area contributed by atoms with Gasteiger partial charge >= 0.3 is 0 Å². The molecule has 142 valence electrons. The maximum atomic E-state index is 12.3. The van der Waals surface area contributed by atoms with Crippen LogP contribution in [0.2, 0.25) is 0 Å². The smallest absolute Gasteiger partial charge is 0.225 e. The van der Waals surface area contributed by atoms with E-state index in [4.69, 9.17) is 0 Å². The SMILES string of the molecule is CC(C)C(=O)N1CCCC(Cn2ncc3cc(-c4cn[nH]c4)ccc32)CC1. The first-order valence-electron chi connectivity index (χ1n) is 9.85. The molecule has 0 saturated carbocycles. The highest BCUT2D eigenvalue weighted by Crippen LogP contribution is 2.26. The van der Waals surface area contributed by atoms with Crippen LogP contribution in [0, 0.1) is 11.8 Å². The number of aromatic amines is 1. The van der Waals surface area contributed by atoms with Crippen LogP contribution in [0.1, 0.15) is 33.1 Å². The van der Waals surface area contributed by atoms with Gasteiger partial charge in [0, 0.05) is 42.7 Å². The lowest BCUT2D eigenvalue weighted by Crippen LogP contribution is -2.35. The fraction of sp³-hybridized carbons (Fsp3) is 0.476. The zero-order valence-corrected chi connectivity index (χ0v) is 16.1. The predicted molar refractivity (Wildman–Crippen MR) is 106 cm³/mol. The van der Waals surface area contributed by atoms with Crippen LogP contribution in [0.15, 0.2) is 36.8 Å². The van der Waals surface area contributed by atoms with Crippen molar-refractivity contribution in [2.75, 3.05) is 13.1 Å². The number of amides is 1. The molecule has 3 heterocycles. The summed E-state index contributed by atoms with van der Waals surface area (Å²) in [5.74, 6) is 0.930. The zero-order chi connectivity index (χ0) is 18.8. The highest BCUT2D eigenvalue weighted by molar-refractivity contribution is 5.84. The van der Waals surface area contributed by atoms with Crippen LogP contribution in [0.5, 0.6) is 0 Å². The fourth-order valence-corrected chi connectivity index (χ4v) is 4.00. The van der Waals surface area contributed by atoms with Crippen molar-refractivity contribution in [1.82, 2.24) is 24.9 Å². The van der Waals surface area contributed by atoms with Gasteiger partial charge in [-0.15, -0.1) is 0 Å². The Bertz CT molecular complexity index is 912. The number of likely N-dealkylation sites (tertiary alicyclic amines) is 1. The van der Waals surface area contributed by atoms with Gasteiger partial charge in [-0.05, 0) is 42.9 Å². The molecule has 1 saturated heterocycles. The van der Waals surface area contributed by atoms with Crippen LogP contribution in [0.3, 0.4) is 0 Å². The van der Waals surface area contributed by atoms with E-state index in [1.807, 2.05) is 37.3 Å². The molecule has 0 bridgehead atoms. The molecule has 0 spiro atoms. The second kappa shape index (κ2) is 7.55. The molecule has 1 atom stereocenters. The predicted octanol–water partition coefficient (Wildman–Crippen LogP) is 3.71. The van der Waals surface area contributed by atoms with E-state index in [9.17, 15) is 4.79 Å². The average Bonchev–Trinajstić information content (AvgIpc) is 3.27. The lowest BCUT2D eigenvalue weighted by atomic mass is 10.0. The van der Waals surface area contributed by atoms with E-state index in [1.165, 1.54) is 5.52 Å². The van der Waals surface area contributed by atoms with Gasteiger partial charge in [-0.3, -0.25) is 14.6 Å². The first kappa shape index (κ1) is 17.8. The third-order valence-corrected chi connectivity index (χ3v) is 5.56. The van der Waals surface area contributed by atoms with Gasteiger partial charge in [0.25, 0.3) is 0 Å². The minimum absolute atomic E-state index is 0.0843. The lowest BCUT2D eigenvalue weighted by Gasteiger charge is -2.22. The van der Waals surface area contributed by atoms with Crippen LogP contribution in [-0.2, 0) is 11.3 Å². The highest BCUT2D eigenvalue weighted by Gasteiger charge is 2.23. The molecule has 0 radical (unpaired) electrons. The van der Waals surface area contributed by atoms with Crippen molar-refractivity contribution in [2.45, 2.75) is 39.7 Å². The number of carbonyl (C=O) groups excluding carboxylic acids is 1. The minimum Gasteiger partial charge on any atom is -0.342 e. The van der Waals surface area contributed by atoms with Gasteiger partial charge in [0.2, 0.25) is 5.91 Å². The van der Waals surface area contributed by atoms with Crippen LogP contribution in [-0.4, -0.2) is 43.9 Å². The third kappa shape index (κ3) is 3.75. The zero-order valence-electron chi connectivity index (χ0n) is 16.1. The number of H-pyrrole nitrogens is 1. The maximum absolute atomic E-state index is 12.3. The van der Waals surface area contributed by atoms with Gasteiger partial charge < -0.3 is 4.90 Å². The summed E-state index contributed by atoms with van der Waals surface area (Å²) < 4.78 is 2.12. The van der Waals surface area contributed by atoms with Crippen LogP contribution in [0.25, 0.3) is 22.0 Å². The first-order chi connectivity index (χ1) is 13.1. The summed E-state index contributed by atoms with van der Waals surface area (Å²) >= 11 is 0. The van der Waals surface area contributed by atoms with Crippen molar-refractivity contribution >= 4 is 16.8 Å². The van der Waals surface area contributed by atoms with Gasteiger partial charge in [0.15, 0.2) is 0 Å². The Hall–Kier alpha value is -2.63. The van der Waals surface area contributed by atoms with E-state index in [2.05, 4.69) is 38.2 Å². The van der Waals surface area contributed by atoms with Gasteiger partial charge in [-0.2, -0.15) is 10.2 Å². The number of aromatic nitrogens is 4. The van der Waals surface area contributed by atoms with E-state index < -0.39 is 0 Å². The number of hydrogen-bond donors (Lipinski definition) is 1. The third-order valence-electron chi connectivity index (χ3n) is 5.56. The molecule has 6 nitrogen and oxygen atoms in total. The Morgan fingerprint density at radius 3 is 2.89 bits per heavy atom. The molecular weight excluding hydrogens is 338 g/mol. The minimum atomic E-state index is 0.0843. The first-order valence-corrected chi connectivity index (χ1v) is 9.85. The number of benzene rings is 1. The molecule has 6 heteroatoms. The lowest BCUT2D eigenvalue weighted by molar-refractivity contribution is -0.134. The average molecular weight is 365 g/mol. The van der Waals surface area contributed by atoms with E-state index in [-0.39, 0.29) is 11.8 Å². The summed E-state index contributed by atoms with van der Waals surface area (Å²) in [4.78, 5) is 14.3. The molecule has 1 fully saturated rings.